The SMILES string of the molecule is COc1ccc(COc2nc(NN)nc(N(C)C)n2)cc1. The van der Waals surface area contributed by atoms with Crippen LogP contribution in [0.2, 0.25) is 0 Å². The maximum Gasteiger partial charge on any atom is 0.323 e. The lowest BCUT2D eigenvalue weighted by Gasteiger charge is -2.12. The van der Waals surface area contributed by atoms with Crippen molar-refractivity contribution in [1.29, 1.82) is 0 Å². The summed E-state index contributed by atoms with van der Waals surface area (Å²) in [5.41, 5.74) is 3.37. The van der Waals surface area contributed by atoms with E-state index in [1.54, 1.807) is 12.0 Å². The number of anilines is 2. The lowest BCUT2D eigenvalue weighted by atomic mass is 10.2. The Kier molecular flexibility index (Phi) is 4.72. The van der Waals surface area contributed by atoms with Crippen molar-refractivity contribution in [3.05, 3.63) is 29.8 Å². The molecular weight excluding hydrogens is 272 g/mol. The Balaban J connectivity index is 2.09. The van der Waals surface area contributed by atoms with Gasteiger partial charge in [-0.2, -0.15) is 15.0 Å². The number of ether oxygens (including phenoxy) is 2. The summed E-state index contributed by atoms with van der Waals surface area (Å²) in [6.45, 7) is 0.338. The molecule has 1 aromatic heterocycles. The summed E-state index contributed by atoms with van der Waals surface area (Å²) in [5, 5.41) is 0. The van der Waals surface area contributed by atoms with Crippen LogP contribution in [0.25, 0.3) is 0 Å². The molecule has 0 aliphatic heterocycles. The molecule has 8 heteroatoms. The van der Waals surface area contributed by atoms with Crippen LogP contribution in [0.5, 0.6) is 11.8 Å². The van der Waals surface area contributed by atoms with Crippen LogP contribution >= 0.6 is 0 Å². The number of benzene rings is 1. The number of hydrogen-bond acceptors (Lipinski definition) is 8. The number of hydrazine groups is 1. The molecule has 0 aliphatic rings. The van der Waals surface area contributed by atoms with E-state index in [9.17, 15) is 0 Å². The lowest BCUT2D eigenvalue weighted by molar-refractivity contribution is 0.280. The second-order valence-electron chi connectivity index (χ2n) is 4.42. The van der Waals surface area contributed by atoms with E-state index in [0.29, 0.717) is 12.6 Å². The molecule has 0 spiro atoms. The first-order valence-corrected chi connectivity index (χ1v) is 6.28. The van der Waals surface area contributed by atoms with Crippen LogP contribution in [0.4, 0.5) is 11.9 Å². The van der Waals surface area contributed by atoms with Crippen molar-refractivity contribution >= 4 is 11.9 Å². The highest BCUT2D eigenvalue weighted by molar-refractivity contribution is 5.36. The molecular formula is C13H18N6O2. The molecule has 21 heavy (non-hydrogen) atoms. The Bertz CT molecular complexity index is 588. The molecule has 0 amide bonds. The Morgan fingerprint density at radius 2 is 1.86 bits per heavy atom. The minimum atomic E-state index is 0.206. The number of hydrogen-bond donors (Lipinski definition) is 2. The van der Waals surface area contributed by atoms with E-state index in [-0.39, 0.29) is 12.0 Å². The second-order valence-corrected chi connectivity index (χ2v) is 4.42. The summed E-state index contributed by atoms with van der Waals surface area (Å²) in [5.74, 6) is 6.84. The van der Waals surface area contributed by atoms with Crippen molar-refractivity contribution in [2.75, 3.05) is 31.5 Å². The number of nitrogens with one attached hydrogen (secondary N) is 1. The van der Waals surface area contributed by atoms with Crippen molar-refractivity contribution in [1.82, 2.24) is 15.0 Å². The standard InChI is InChI=1S/C13H18N6O2/c1-19(2)12-15-11(18-14)16-13(17-12)21-8-9-4-6-10(20-3)7-5-9/h4-7H,8,14H2,1-3H3,(H,15,16,17,18). The zero-order valence-electron chi connectivity index (χ0n) is 12.2. The van der Waals surface area contributed by atoms with Crippen LogP contribution in [0.15, 0.2) is 24.3 Å². The van der Waals surface area contributed by atoms with Gasteiger partial charge in [-0.3, -0.25) is 5.43 Å². The van der Waals surface area contributed by atoms with E-state index in [4.69, 9.17) is 15.3 Å². The van der Waals surface area contributed by atoms with Gasteiger partial charge in [0.25, 0.3) is 0 Å². The predicted molar refractivity (Wildman–Crippen MR) is 79.3 cm³/mol. The number of nitrogens with zero attached hydrogens (tertiary/aromatic N) is 4. The Labute approximate surface area is 122 Å². The van der Waals surface area contributed by atoms with Gasteiger partial charge in [-0.15, -0.1) is 0 Å². The first-order valence-electron chi connectivity index (χ1n) is 6.28. The van der Waals surface area contributed by atoms with Crippen LogP contribution < -0.4 is 25.6 Å². The number of nitrogens with two attached hydrogens (primary N) is 1. The fourth-order valence-electron chi connectivity index (χ4n) is 1.54. The second kappa shape index (κ2) is 6.71. The number of methoxy groups -OCH3 is 1. The Morgan fingerprint density at radius 1 is 1.14 bits per heavy atom. The zero-order valence-corrected chi connectivity index (χ0v) is 12.2. The van der Waals surface area contributed by atoms with E-state index < -0.39 is 0 Å². The molecule has 3 N–H and O–H groups in total. The fraction of sp³-hybridized carbons (Fsp3) is 0.308. The van der Waals surface area contributed by atoms with Crippen LogP contribution in [-0.4, -0.2) is 36.2 Å². The first-order chi connectivity index (χ1) is 10.1. The van der Waals surface area contributed by atoms with E-state index in [0.717, 1.165) is 11.3 Å². The molecule has 2 aromatic rings. The van der Waals surface area contributed by atoms with Gasteiger partial charge in [-0.25, -0.2) is 5.84 Å². The largest absolute Gasteiger partial charge is 0.497 e. The highest BCUT2D eigenvalue weighted by atomic mass is 16.5. The van der Waals surface area contributed by atoms with Crippen molar-refractivity contribution in [2.24, 2.45) is 5.84 Å². The van der Waals surface area contributed by atoms with Gasteiger partial charge in [0.1, 0.15) is 12.4 Å². The van der Waals surface area contributed by atoms with Gasteiger partial charge in [0.2, 0.25) is 11.9 Å². The van der Waals surface area contributed by atoms with Gasteiger partial charge < -0.3 is 14.4 Å². The van der Waals surface area contributed by atoms with Gasteiger partial charge in [-0.05, 0) is 17.7 Å². The van der Waals surface area contributed by atoms with E-state index >= 15 is 0 Å². The molecule has 112 valence electrons. The molecule has 0 atom stereocenters. The molecule has 8 nitrogen and oxygen atoms in total. The molecule has 2 rings (SSSR count). The minimum Gasteiger partial charge on any atom is -0.497 e. The summed E-state index contributed by atoms with van der Waals surface area (Å²) in [6, 6.07) is 7.76. The monoisotopic (exact) mass is 290 g/mol. The average molecular weight is 290 g/mol. The first kappa shape index (κ1) is 14.8. The molecule has 0 saturated carbocycles. The highest BCUT2D eigenvalue weighted by Crippen LogP contribution is 2.15. The number of rotatable bonds is 6. The van der Waals surface area contributed by atoms with Crippen molar-refractivity contribution in [3.63, 3.8) is 0 Å². The van der Waals surface area contributed by atoms with Crippen LogP contribution in [0, 0.1) is 0 Å². The lowest BCUT2D eigenvalue weighted by Crippen LogP contribution is -2.18. The smallest absolute Gasteiger partial charge is 0.323 e. The number of nitrogen functional groups attached to an aromatic ring is 1. The Hall–Kier alpha value is -2.61. The van der Waals surface area contributed by atoms with Crippen LogP contribution in [0.3, 0.4) is 0 Å². The van der Waals surface area contributed by atoms with Gasteiger partial charge in [0.05, 0.1) is 7.11 Å². The molecule has 0 saturated heterocycles. The zero-order chi connectivity index (χ0) is 15.2. The van der Waals surface area contributed by atoms with E-state index in [1.165, 1.54) is 0 Å². The van der Waals surface area contributed by atoms with E-state index in [1.807, 2.05) is 38.4 Å². The number of aromatic nitrogens is 3. The Morgan fingerprint density at radius 3 is 2.43 bits per heavy atom. The fourth-order valence-corrected chi connectivity index (χ4v) is 1.54. The molecule has 1 aromatic carbocycles. The molecule has 0 unspecified atom stereocenters. The van der Waals surface area contributed by atoms with Crippen molar-refractivity contribution in [3.8, 4) is 11.8 Å². The van der Waals surface area contributed by atoms with Gasteiger partial charge in [-0.1, -0.05) is 12.1 Å². The van der Waals surface area contributed by atoms with Crippen LogP contribution in [-0.2, 0) is 6.61 Å². The van der Waals surface area contributed by atoms with Gasteiger partial charge in [0.15, 0.2) is 0 Å². The summed E-state index contributed by atoms with van der Waals surface area (Å²) in [6.07, 6.45) is 0. The predicted octanol–water partition coefficient (Wildman–Crippen LogP) is 0.811. The quantitative estimate of drug-likeness (QED) is 0.596. The maximum atomic E-state index is 5.57. The molecule has 0 radical (unpaired) electrons. The summed E-state index contributed by atoms with van der Waals surface area (Å²) in [7, 11) is 5.27. The van der Waals surface area contributed by atoms with Gasteiger partial charge >= 0.3 is 6.01 Å². The third-order valence-electron chi connectivity index (χ3n) is 2.66. The summed E-state index contributed by atoms with van der Waals surface area (Å²) < 4.78 is 10.7. The maximum absolute atomic E-state index is 5.57. The minimum absolute atomic E-state index is 0.206. The molecule has 0 aliphatic carbocycles. The van der Waals surface area contributed by atoms with Crippen molar-refractivity contribution < 1.29 is 9.47 Å². The topological polar surface area (TPSA) is 98.4 Å². The van der Waals surface area contributed by atoms with Crippen molar-refractivity contribution in [2.45, 2.75) is 6.61 Å². The summed E-state index contributed by atoms with van der Waals surface area (Å²) >= 11 is 0. The normalized spacial score (nSPS) is 10.1. The molecule has 0 fully saturated rings. The van der Waals surface area contributed by atoms with Gasteiger partial charge in [0, 0.05) is 14.1 Å². The molecule has 1 heterocycles. The summed E-state index contributed by atoms with van der Waals surface area (Å²) in [4.78, 5) is 14.1. The third kappa shape index (κ3) is 3.93. The van der Waals surface area contributed by atoms with E-state index in [2.05, 4.69) is 20.4 Å². The average Bonchev–Trinajstić information content (AvgIpc) is 2.53. The third-order valence-corrected chi connectivity index (χ3v) is 2.66. The highest BCUT2D eigenvalue weighted by Gasteiger charge is 2.08. The van der Waals surface area contributed by atoms with Crippen LogP contribution in [0.1, 0.15) is 5.56 Å². The molecule has 0 bridgehead atoms.